The van der Waals surface area contributed by atoms with Crippen molar-refractivity contribution in [3.63, 3.8) is 0 Å². The Morgan fingerprint density at radius 1 is 1.50 bits per heavy atom. The first kappa shape index (κ1) is 9.25. The summed E-state index contributed by atoms with van der Waals surface area (Å²) in [7, 11) is 1.54. The Morgan fingerprint density at radius 3 is 2.10 bits per heavy atom. The van der Waals surface area contributed by atoms with Gasteiger partial charge in [0.15, 0.2) is 0 Å². The summed E-state index contributed by atoms with van der Waals surface area (Å²) in [6, 6.07) is 1.94. The van der Waals surface area contributed by atoms with Gasteiger partial charge in [0.1, 0.15) is 0 Å². The van der Waals surface area contributed by atoms with Gasteiger partial charge in [-0.2, -0.15) is 0 Å². The van der Waals surface area contributed by atoms with E-state index in [1.807, 2.05) is 26.8 Å². The van der Waals surface area contributed by atoms with Crippen molar-refractivity contribution in [3.05, 3.63) is 6.42 Å². The summed E-state index contributed by atoms with van der Waals surface area (Å²) in [4.78, 5) is 3.62. The summed E-state index contributed by atoms with van der Waals surface area (Å²) in [6.07, 6.45) is 6.60. The number of hydrogen-bond acceptors (Lipinski definition) is 2. The van der Waals surface area contributed by atoms with Gasteiger partial charge in [-0.05, 0) is 0 Å². The number of ether oxygens (including phenoxy) is 1. The van der Waals surface area contributed by atoms with Crippen LogP contribution in [0.25, 0.3) is 0 Å². The van der Waals surface area contributed by atoms with Gasteiger partial charge in [-0.15, -0.1) is 0 Å². The van der Waals surface area contributed by atoms with Crippen molar-refractivity contribution in [1.29, 1.82) is 0 Å². The summed E-state index contributed by atoms with van der Waals surface area (Å²) in [5.74, 6) is 0.530. The third-order valence-electron chi connectivity index (χ3n) is 0.992. The van der Waals surface area contributed by atoms with Gasteiger partial charge < -0.3 is 0 Å². The molecule has 2 nitrogen and oxygen atoms in total. The van der Waals surface area contributed by atoms with Crippen LogP contribution in [0.15, 0.2) is 4.99 Å². The van der Waals surface area contributed by atoms with Crippen LogP contribution < -0.4 is 0 Å². The molecule has 54 valence electrons. The molecule has 0 rings (SSSR count). The SMILES string of the molecule is [C+]#CN=C(OC)C(C)(C)C. The zero-order valence-corrected chi connectivity index (χ0v) is 6.86. The van der Waals surface area contributed by atoms with E-state index in [0.29, 0.717) is 5.90 Å². The fourth-order valence-electron chi connectivity index (χ4n) is 0.570. The molecule has 0 radical (unpaired) electrons. The molecule has 0 bridgehead atoms. The van der Waals surface area contributed by atoms with Crippen molar-refractivity contribution in [2.75, 3.05) is 7.11 Å². The van der Waals surface area contributed by atoms with Crippen molar-refractivity contribution >= 4 is 5.90 Å². The fraction of sp³-hybridized carbons (Fsp3) is 0.625. The van der Waals surface area contributed by atoms with Gasteiger partial charge in [-0.3, -0.25) is 0 Å². The minimum atomic E-state index is -0.136. The molecule has 0 N–H and O–H groups in total. The van der Waals surface area contributed by atoms with Crippen LogP contribution in [0.5, 0.6) is 0 Å². The summed E-state index contributed by atoms with van der Waals surface area (Å²) in [6.45, 7) is 5.89. The Hall–Kier alpha value is -0.750. The first-order chi connectivity index (χ1) is 4.52. The molecule has 10 heavy (non-hydrogen) atoms. The Balaban J connectivity index is 4.41. The molecular formula is C8H12NO+. The molecule has 0 aliphatic carbocycles. The van der Waals surface area contributed by atoms with Crippen molar-refractivity contribution in [2.24, 2.45) is 10.4 Å². The predicted octanol–water partition coefficient (Wildman–Crippen LogP) is 1.62. The molecule has 0 aromatic rings. The van der Waals surface area contributed by atoms with E-state index in [0.717, 1.165) is 0 Å². The molecule has 0 aromatic heterocycles. The molecule has 2 heteroatoms. The average Bonchev–Trinajstić information content (AvgIpc) is 1.80. The van der Waals surface area contributed by atoms with E-state index in [1.165, 1.54) is 0 Å². The van der Waals surface area contributed by atoms with E-state index in [2.05, 4.69) is 4.99 Å². The molecule has 0 spiro atoms. The molecule has 0 heterocycles. The van der Waals surface area contributed by atoms with E-state index in [1.54, 1.807) is 7.11 Å². The number of methoxy groups -OCH3 is 1. The van der Waals surface area contributed by atoms with Crippen molar-refractivity contribution in [2.45, 2.75) is 20.8 Å². The van der Waals surface area contributed by atoms with E-state index >= 15 is 0 Å². The molecule has 0 aromatic carbocycles. The monoisotopic (exact) mass is 138 g/mol. The Morgan fingerprint density at radius 2 is 2.00 bits per heavy atom. The van der Waals surface area contributed by atoms with Gasteiger partial charge >= 0.3 is 61.4 Å². The third kappa shape index (κ3) is 2.70. The van der Waals surface area contributed by atoms with Crippen LogP contribution in [0.1, 0.15) is 20.8 Å². The fourth-order valence-corrected chi connectivity index (χ4v) is 0.570. The number of nitrogens with zero attached hydrogens (tertiary/aromatic N) is 1. The van der Waals surface area contributed by atoms with E-state index < -0.39 is 0 Å². The van der Waals surface area contributed by atoms with Crippen LogP contribution in [-0.4, -0.2) is 13.0 Å². The number of rotatable bonds is 0. The summed E-state index contributed by atoms with van der Waals surface area (Å²) < 4.78 is 4.92. The van der Waals surface area contributed by atoms with Gasteiger partial charge in [0, 0.05) is 0 Å². The number of aliphatic imine (C=N–C) groups is 1. The van der Waals surface area contributed by atoms with Gasteiger partial charge in [-0.25, -0.2) is 0 Å². The Kier molecular flexibility index (Phi) is 3.17. The molecule has 0 fully saturated rings. The van der Waals surface area contributed by atoms with Crippen LogP contribution >= 0.6 is 0 Å². The van der Waals surface area contributed by atoms with Gasteiger partial charge in [0.25, 0.3) is 0 Å². The first-order valence-electron chi connectivity index (χ1n) is 3.06. The van der Waals surface area contributed by atoms with E-state index in [-0.39, 0.29) is 5.41 Å². The molecular weight excluding hydrogens is 126 g/mol. The summed E-state index contributed by atoms with van der Waals surface area (Å²) in [5.41, 5.74) is -0.136. The van der Waals surface area contributed by atoms with Crippen molar-refractivity contribution in [1.82, 2.24) is 0 Å². The molecule has 0 aliphatic heterocycles. The maximum absolute atomic E-state index is 6.60. The van der Waals surface area contributed by atoms with Crippen molar-refractivity contribution < 1.29 is 4.74 Å². The Labute approximate surface area is 62.3 Å². The first-order valence-corrected chi connectivity index (χ1v) is 3.06. The van der Waals surface area contributed by atoms with Gasteiger partial charge in [0.05, 0.1) is 0 Å². The van der Waals surface area contributed by atoms with E-state index in [9.17, 15) is 0 Å². The standard InChI is InChI=1S/C8H12NO/c1-6-9-7(10-5)8(2,3)4/h2-5H3/q+1. The Bertz CT molecular complexity index is 169. The topological polar surface area (TPSA) is 21.6 Å². The normalized spacial score (nSPS) is 12.8. The molecule has 0 aliphatic rings. The van der Waals surface area contributed by atoms with Crippen LogP contribution in [-0.2, 0) is 4.74 Å². The second kappa shape index (κ2) is 3.43. The summed E-state index contributed by atoms with van der Waals surface area (Å²) >= 11 is 0. The molecule has 0 amide bonds. The maximum atomic E-state index is 6.60. The predicted molar refractivity (Wildman–Crippen MR) is 41.0 cm³/mol. The van der Waals surface area contributed by atoms with Gasteiger partial charge in [-0.1, -0.05) is 0 Å². The van der Waals surface area contributed by atoms with Crippen LogP contribution in [0.4, 0.5) is 0 Å². The molecule has 0 saturated carbocycles. The van der Waals surface area contributed by atoms with Crippen LogP contribution in [0.3, 0.4) is 0 Å². The summed E-state index contributed by atoms with van der Waals surface area (Å²) in [5, 5.41) is 0. The third-order valence-corrected chi connectivity index (χ3v) is 0.992. The van der Waals surface area contributed by atoms with E-state index in [4.69, 9.17) is 11.2 Å². The van der Waals surface area contributed by atoms with Crippen LogP contribution in [0.2, 0.25) is 0 Å². The van der Waals surface area contributed by atoms with Crippen molar-refractivity contribution in [3.8, 4) is 6.04 Å². The quantitative estimate of drug-likeness (QED) is 0.216. The average molecular weight is 138 g/mol. The molecule has 0 unspecified atom stereocenters. The number of hydrogen-bond donors (Lipinski definition) is 0. The molecule has 0 saturated heterocycles. The van der Waals surface area contributed by atoms with Crippen LogP contribution in [0, 0.1) is 17.9 Å². The zero-order valence-electron chi connectivity index (χ0n) is 6.86. The van der Waals surface area contributed by atoms with Gasteiger partial charge in [0.2, 0.25) is 0 Å². The molecule has 0 atom stereocenters. The second-order valence-electron chi connectivity index (χ2n) is 2.98. The second-order valence-corrected chi connectivity index (χ2v) is 2.98. The zero-order chi connectivity index (χ0) is 8.20. The minimum absolute atomic E-state index is 0.136.